The lowest BCUT2D eigenvalue weighted by molar-refractivity contribution is -0.425. The van der Waals surface area contributed by atoms with Crippen molar-refractivity contribution in [2.45, 2.75) is 6.42 Å². The summed E-state index contributed by atoms with van der Waals surface area (Å²) in [6, 6.07) is 14.2. The van der Waals surface area contributed by atoms with Crippen LogP contribution in [-0.2, 0) is 6.42 Å². The Balaban J connectivity index is 2.38. The zero-order valence-electron chi connectivity index (χ0n) is 10.4. The van der Waals surface area contributed by atoms with Crippen LogP contribution in [0.2, 0.25) is 10.0 Å². The molecule has 0 fully saturated rings. The minimum absolute atomic E-state index is 0.0474. The first-order valence-electron chi connectivity index (χ1n) is 5.91. The molecule has 0 bridgehead atoms. The quantitative estimate of drug-likeness (QED) is 0.598. The van der Waals surface area contributed by atoms with Crippen molar-refractivity contribution in [1.29, 1.82) is 0 Å². The second kappa shape index (κ2) is 6.55. The van der Waals surface area contributed by atoms with Crippen LogP contribution >= 0.6 is 23.2 Å². The van der Waals surface area contributed by atoms with E-state index in [0.717, 1.165) is 5.56 Å². The van der Waals surface area contributed by atoms with Gasteiger partial charge >= 0.3 is 0 Å². The SMILES string of the molecule is O=[N+]([O-])C(=Cc1c(Cl)cccc1Cl)Cc1ccccc1. The molecule has 0 aromatic heterocycles. The number of halogens is 2. The summed E-state index contributed by atoms with van der Waals surface area (Å²) in [5.41, 5.74) is 1.38. The third-order valence-electron chi connectivity index (χ3n) is 2.77. The summed E-state index contributed by atoms with van der Waals surface area (Å²) in [4.78, 5) is 10.8. The lowest BCUT2D eigenvalue weighted by Gasteiger charge is -2.03. The number of rotatable bonds is 4. The number of nitrogens with zero attached hydrogens (tertiary/aromatic N) is 1. The Kier molecular flexibility index (Phi) is 4.77. The van der Waals surface area contributed by atoms with Crippen LogP contribution in [0.5, 0.6) is 0 Å². The molecule has 2 aromatic carbocycles. The summed E-state index contributed by atoms with van der Waals surface area (Å²) in [5.74, 6) is 0. The second-order valence-electron chi connectivity index (χ2n) is 4.19. The maximum Gasteiger partial charge on any atom is 0.251 e. The highest BCUT2D eigenvalue weighted by Crippen LogP contribution is 2.27. The van der Waals surface area contributed by atoms with Gasteiger partial charge in [-0.2, -0.15) is 0 Å². The van der Waals surface area contributed by atoms with Crippen molar-refractivity contribution in [2.24, 2.45) is 0 Å². The average molecular weight is 308 g/mol. The van der Waals surface area contributed by atoms with Gasteiger partial charge in [-0.1, -0.05) is 59.6 Å². The summed E-state index contributed by atoms with van der Waals surface area (Å²) >= 11 is 12.1. The molecule has 0 N–H and O–H groups in total. The first-order valence-corrected chi connectivity index (χ1v) is 6.66. The molecule has 0 heterocycles. The van der Waals surface area contributed by atoms with Crippen LogP contribution in [0.1, 0.15) is 11.1 Å². The number of allylic oxidation sites excluding steroid dienone is 1. The van der Waals surface area contributed by atoms with E-state index < -0.39 is 4.92 Å². The second-order valence-corrected chi connectivity index (χ2v) is 5.00. The Morgan fingerprint density at radius 1 is 1.05 bits per heavy atom. The van der Waals surface area contributed by atoms with Gasteiger partial charge in [0.1, 0.15) is 0 Å². The number of hydrogen-bond acceptors (Lipinski definition) is 2. The predicted molar refractivity (Wildman–Crippen MR) is 81.6 cm³/mol. The van der Waals surface area contributed by atoms with Gasteiger partial charge < -0.3 is 0 Å². The van der Waals surface area contributed by atoms with Gasteiger partial charge in [0.15, 0.2) is 0 Å². The van der Waals surface area contributed by atoms with Crippen LogP contribution in [0, 0.1) is 10.1 Å². The molecule has 2 rings (SSSR count). The molecule has 20 heavy (non-hydrogen) atoms. The van der Waals surface area contributed by atoms with Gasteiger partial charge in [-0.15, -0.1) is 0 Å². The van der Waals surface area contributed by atoms with Crippen LogP contribution in [0.3, 0.4) is 0 Å². The molecule has 0 radical (unpaired) electrons. The third kappa shape index (κ3) is 3.59. The average Bonchev–Trinajstić information content (AvgIpc) is 2.42. The van der Waals surface area contributed by atoms with E-state index in [2.05, 4.69) is 0 Å². The topological polar surface area (TPSA) is 43.1 Å². The highest BCUT2D eigenvalue weighted by molar-refractivity contribution is 6.37. The normalized spacial score (nSPS) is 11.4. The fraction of sp³-hybridized carbons (Fsp3) is 0.0667. The Hall–Kier alpha value is -1.84. The first-order chi connectivity index (χ1) is 9.58. The summed E-state index contributed by atoms with van der Waals surface area (Å²) < 4.78 is 0. The molecular formula is C15H11Cl2NO2. The highest BCUT2D eigenvalue weighted by atomic mass is 35.5. The first kappa shape index (κ1) is 14.6. The molecule has 0 unspecified atom stereocenters. The minimum Gasteiger partial charge on any atom is -0.259 e. The summed E-state index contributed by atoms with van der Waals surface area (Å²) in [6.45, 7) is 0. The molecule has 0 aliphatic rings. The van der Waals surface area contributed by atoms with E-state index in [-0.39, 0.29) is 12.1 Å². The van der Waals surface area contributed by atoms with Gasteiger partial charge in [-0.3, -0.25) is 10.1 Å². The fourth-order valence-electron chi connectivity index (χ4n) is 1.79. The lowest BCUT2D eigenvalue weighted by atomic mass is 10.1. The molecule has 0 spiro atoms. The van der Waals surface area contributed by atoms with Gasteiger partial charge in [0.25, 0.3) is 5.70 Å². The lowest BCUT2D eigenvalue weighted by Crippen LogP contribution is -2.02. The predicted octanol–water partition coefficient (Wildman–Crippen LogP) is 4.85. The van der Waals surface area contributed by atoms with E-state index in [1.165, 1.54) is 6.08 Å². The fourth-order valence-corrected chi connectivity index (χ4v) is 2.30. The van der Waals surface area contributed by atoms with E-state index in [1.54, 1.807) is 18.2 Å². The molecule has 0 atom stereocenters. The largest absolute Gasteiger partial charge is 0.259 e. The molecule has 0 aliphatic carbocycles. The van der Waals surface area contributed by atoms with Crippen LogP contribution < -0.4 is 0 Å². The van der Waals surface area contributed by atoms with Gasteiger partial charge in [-0.25, -0.2) is 0 Å². The maximum atomic E-state index is 11.2. The van der Waals surface area contributed by atoms with E-state index in [9.17, 15) is 10.1 Å². The maximum absolute atomic E-state index is 11.2. The standard InChI is InChI=1S/C15H11Cl2NO2/c16-14-7-4-8-15(17)13(14)10-12(18(19)20)9-11-5-2-1-3-6-11/h1-8,10H,9H2. The van der Waals surface area contributed by atoms with E-state index in [1.807, 2.05) is 30.3 Å². The molecule has 5 heteroatoms. The molecule has 3 nitrogen and oxygen atoms in total. The highest BCUT2D eigenvalue weighted by Gasteiger charge is 2.14. The van der Waals surface area contributed by atoms with Crippen molar-refractivity contribution in [3.63, 3.8) is 0 Å². The van der Waals surface area contributed by atoms with Crippen LogP contribution in [0.25, 0.3) is 6.08 Å². The number of nitro groups is 1. The van der Waals surface area contributed by atoms with Gasteiger partial charge in [0.2, 0.25) is 0 Å². The van der Waals surface area contributed by atoms with E-state index in [4.69, 9.17) is 23.2 Å². The molecule has 0 aliphatic heterocycles. The Labute approximate surface area is 126 Å². The van der Waals surface area contributed by atoms with Crippen molar-refractivity contribution in [3.05, 3.63) is 85.5 Å². The van der Waals surface area contributed by atoms with Gasteiger partial charge in [0.05, 0.1) is 11.3 Å². The monoisotopic (exact) mass is 307 g/mol. The molecule has 2 aromatic rings. The summed E-state index contributed by atoms with van der Waals surface area (Å²) in [6.07, 6.45) is 1.65. The Morgan fingerprint density at radius 3 is 2.20 bits per heavy atom. The van der Waals surface area contributed by atoms with Crippen LogP contribution in [-0.4, -0.2) is 4.92 Å². The van der Waals surface area contributed by atoms with Crippen molar-refractivity contribution < 1.29 is 4.92 Å². The van der Waals surface area contributed by atoms with Crippen LogP contribution in [0.15, 0.2) is 54.2 Å². The molecule has 0 saturated heterocycles. The van der Waals surface area contributed by atoms with Crippen LogP contribution in [0.4, 0.5) is 0 Å². The van der Waals surface area contributed by atoms with Gasteiger partial charge in [0, 0.05) is 21.7 Å². The smallest absolute Gasteiger partial charge is 0.251 e. The molecular weight excluding hydrogens is 297 g/mol. The van der Waals surface area contributed by atoms with E-state index in [0.29, 0.717) is 15.6 Å². The molecule has 0 amide bonds. The third-order valence-corrected chi connectivity index (χ3v) is 3.43. The van der Waals surface area contributed by atoms with Crippen molar-refractivity contribution >= 4 is 29.3 Å². The molecule has 0 saturated carbocycles. The zero-order valence-corrected chi connectivity index (χ0v) is 11.9. The number of benzene rings is 2. The van der Waals surface area contributed by atoms with Crippen molar-refractivity contribution in [1.82, 2.24) is 0 Å². The van der Waals surface area contributed by atoms with Crippen molar-refractivity contribution in [3.8, 4) is 0 Å². The summed E-state index contributed by atoms with van der Waals surface area (Å²) in [7, 11) is 0. The van der Waals surface area contributed by atoms with E-state index >= 15 is 0 Å². The molecule has 102 valence electrons. The summed E-state index contributed by atoms with van der Waals surface area (Å²) in [5, 5.41) is 12.0. The van der Waals surface area contributed by atoms with Crippen molar-refractivity contribution in [2.75, 3.05) is 0 Å². The minimum atomic E-state index is -0.410. The number of hydrogen-bond donors (Lipinski definition) is 0. The Morgan fingerprint density at radius 2 is 1.65 bits per heavy atom. The zero-order chi connectivity index (χ0) is 14.5. The van der Waals surface area contributed by atoms with Gasteiger partial charge in [-0.05, 0) is 17.7 Å². The Bertz CT molecular complexity index is 634.